The van der Waals surface area contributed by atoms with Crippen molar-refractivity contribution in [3.05, 3.63) is 64.6 Å². The lowest BCUT2D eigenvalue weighted by Gasteiger charge is -2.38. The lowest BCUT2D eigenvalue weighted by molar-refractivity contribution is -0.0271. The minimum Gasteiger partial charge on any atom is -0.334 e. The molecule has 0 saturated carbocycles. The second-order valence-corrected chi connectivity index (χ2v) is 8.67. The fourth-order valence-corrected chi connectivity index (χ4v) is 4.20. The van der Waals surface area contributed by atoms with Crippen LogP contribution in [-0.2, 0) is 6.54 Å². The Morgan fingerprint density at radius 1 is 1.18 bits per heavy atom. The summed E-state index contributed by atoms with van der Waals surface area (Å²) in [6.45, 7) is -0.385. The minimum absolute atomic E-state index is 0.309. The van der Waals surface area contributed by atoms with Gasteiger partial charge in [-0.05, 0) is 28.7 Å². The molecule has 2 N–H and O–H groups in total. The molecule has 2 amide bonds. The molecule has 1 aliphatic rings. The zero-order valence-electron chi connectivity index (χ0n) is 17.8. The molecule has 1 fully saturated rings. The Morgan fingerprint density at radius 3 is 2.68 bits per heavy atom. The van der Waals surface area contributed by atoms with Crippen LogP contribution in [0.15, 0.2) is 54.0 Å². The normalized spacial score (nSPS) is 14.3. The van der Waals surface area contributed by atoms with E-state index < -0.39 is 5.92 Å². The summed E-state index contributed by atoms with van der Waals surface area (Å²) < 4.78 is 26.4. The fourth-order valence-electron chi connectivity index (χ4n) is 3.65. The summed E-state index contributed by atoms with van der Waals surface area (Å²) in [6.07, 6.45) is 6.96. The third-order valence-electron chi connectivity index (χ3n) is 5.33. The number of carbonyl (C=O) groups excluding carboxylic acids is 1. The molecule has 2 aromatic carbocycles. The van der Waals surface area contributed by atoms with E-state index >= 15 is 0 Å². The summed E-state index contributed by atoms with van der Waals surface area (Å²) in [6, 6.07) is 13.1. The highest BCUT2D eigenvalue weighted by molar-refractivity contribution is 7.10. The van der Waals surface area contributed by atoms with E-state index in [1.165, 1.54) is 16.2 Å². The zero-order chi connectivity index (χ0) is 23.7. The SMILES string of the molecule is C#Cc1nc(NC(=O)NCc2ccc(-c3cccc4nc(N5CC(F)(F)C5)ncc34)cc2)cs1. The molecule has 0 radical (unpaired) electrons. The number of rotatable bonds is 5. The summed E-state index contributed by atoms with van der Waals surface area (Å²) in [4.78, 5) is 26.4. The maximum Gasteiger partial charge on any atom is 0.320 e. The van der Waals surface area contributed by atoms with Crippen molar-refractivity contribution in [3.8, 4) is 23.5 Å². The third kappa shape index (κ3) is 4.51. The molecule has 10 heteroatoms. The molecule has 5 rings (SSSR count). The van der Waals surface area contributed by atoms with E-state index in [1.54, 1.807) is 11.6 Å². The van der Waals surface area contributed by atoms with Crippen molar-refractivity contribution in [1.82, 2.24) is 20.3 Å². The Labute approximate surface area is 197 Å². The van der Waals surface area contributed by atoms with Crippen LogP contribution < -0.4 is 15.5 Å². The number of amides is 2. The van der Waals surface area contributed by atoms with Crippen LogP contribution in [0.3, 0.4) is 0 Å². The highest BCUT2D eigenvalue weighted by Gasteiger charge is 2.45. The number of anilines is 2. The average molecular weight is 477 g/mol. The summed E-state index contributed by atoms with van der Waals surface area (Å²) in [5.74, 6) is 0.466. The summed E-state index contributed by atoms with van der Waals surface area (Å²) in [7, 11) is 0. The van der Waals surface area contributed by atoms with Gasteiger partial charge in [0.1, 0.15) is 5.82 Å². The maximum absolute atomic E-state index is 13.2. The van der Waals surface area contributed by atoms with Crippen LogP contribution in [-0.4, -0.2) is 40.0 Å². The van der Waals surface area contributed by atoms with Gasteiger partial charge in [0.05, 0.1) is 18.6 Å². The highest BCUT2D eigenvalue weighted by atomic mass is 32.1. The number of aromatic nitrogens is 3. The molecule has 3 heterocycles. The minimum atomic E-state index is -2.68. The van der Waals surface area contributed by atoms with Gasteiger partial charge in [0, 0.05) is 23.5 Å². The molecule has 4 aromatic rings. The number of benzene rings is 2. The Hall–Kier alpha value is -4.10. The molecular formula is C24H18F2N6OS. The van der Waals surface area contributed by atoms with Gasteiger partial charge < -0.3 is 10.2 Å². The number of fused-ring (bicyclic) bond motifs is 1. The monoisotopic (exact) mass is 476 g/mol. The Bertz CT molecular complexity index is 1410. The van der Waals surface area contributed by atoms with Crippen LogP contribution in [0.4, 0.5) is 25.3 Å². The highest BCUT2D eigenvalue weighted by Crippen LogP contribution is 2.32. The molecule has 0 atom stereocenters. The van der Waals surface area contributed by atoms with Crippen molar-refractivity contribution in [2.75, 3.05) is 23.3 Å². The number of hydrogen-bond donors (Lipinski definition) is 2. The number of thiazole rings is 1. The van der Waals surface area contributed by atoms with Gasteiger partial charge in [0.15, 0.2) is 5.01 Å². The van der Waals surface area contributed by atoms with E-state index in [9.17, 15) is 13.6 Å². The Balaban J connectivity index is 1.26. The number of hydrogen-bond acceptors (Lipinski definition) is 6. The second kappa shape index (κ2) is 8.68. The van der Waals surface area contributed by atoms with Crippen molar-refractivity contribution in [3.63, 3.8) is 0 Å². The van der Waals surface area contributed by atoms with E-state index in [4.69, 9.17) is 6.42 Å². The fraction of sp³-hybridized carbons (Fsp3) is 0.167. The standard InChI is InChI=1S/C24H18F2N6OS/c1-2-21-30-20(12-34-21)31-23(33)28-10-15-6-8-16(9-7-15)17-4-3-5-19-18(17)11-27-22(29-19)32-13-24(25,26)14-32/h1,3-9,11-12H,10,13-14H2,(H2,28,31,33). The number of nitrogens with one attached hydrogen (secondary N) is 2. The maximum atomic E-state index is 13.2. The first-order chi connectivity index (χ1) is 16.4. The molecule has 0 aliphatic carbocycles. The molecule has 0 spiro atoms. The predicted molar refractivity (Wildman–Crippen MR) is 128 cm³/mol. The van der Waals surface area contributed by atoms with Crippen LogP contribution in [0.25, 0.3) is 22.0 Å². The van der Waals surface area contributed by atoms with Gasteiger partial charge in [0.25, 0.3) is 5.92 Å². The van der Waals surface area contributed by atoms with Crippen molar-refractivity contribution >= 4 is 40.0 Å². The van der Waals surface area contributed by atoms with Gasteiger partial charge in [0.2, 0.25) is 5.95 Å². The molecule has 1 saturated heterocycles. The molecular weight excluding hydrogens is 458 g/mol. The molecule has 0 bridgehead atoms. The molecule has 1 aliphatic heterocycles. The Morgan fingerprint density at radius 2 is 1.97 bits per heavy atom. The van der Waals surface area contributed by atoms with Gasteiger partial charge in [-0.25, -0.2) is 28.5 Å². The molecule has 7 nitrogen and oxygen atoms in total. The summed E-state index contributed by atoms with van der Waals surface area (Å²) in [5, 5.41) is 8.44. The van der Waals surface area contributed by atoms with E-state index in [0.29, 0.717) is 28.8 Å². The van der Waals surface area contributed by atoms with Crippen molar-refractivity contribution in [2.24, 2.45) is 0 Å². The number of alkyl halides is 2. The Kier molecular flexibility index (Phi) is 5.55. The van der Waals surface area contributed by atoms with Crippen LogP contribution in [0.1, 0.15) is 10.6 Å². The van der Waals surface area contributed by atoms with E-state index in [-0.39, 0.29) is 19.1 Å². The van der Waals surface area contributed by atoms with E-state index in [0.717, 1.165) is 22.1 Å². The smallest absolute Gasteiger partial charge is 0.320 e. The number of carbonyl (C=O) groups is 1. The molecule has 34 heavy (non-hydrogen) atoms. The lowest BCUT2D eigenvalue weighted by Crippen LogP contribution is -2.57. The van der Waals surface area contributed by atoms with E-state index in [1.807, 2.05) is 42.5 Å². The van der Waals surface area contributed by atoms with Crippen LogP contribution >= 0.6 is 11.3 Å². The summed E-state index contributed by atoms with van der Waals surface area (Å²) in [5.41, 5.74) is 3.49. The number of nitrogens with zero attached hydrogens (tertiary/aromatic N) is 4. The van der Waals surface area contributed by atoms with Gasteiger partial charge in [-0.2, -0.15) is 0 Å². The van der Waals surface area contributed by atoms with Gasteiger partial charge >= 0.3 is 6.03 Å². The lowest BCUT2D eigenvalue weighted by atomic mass is 10.0. The van der Waals surface area contributed by atoms with Gasteiger partial charge in [-0.15, -0.1) is 17.8 Å². The van der Waals surface area contributed by atoms with E-state index in [2.05, 4.69) is 31.5 Å². The molecule has 2 aromatic heterocycles. The first-order valence-corrected chi connectivity index (χ1v) is 11.2. The predicted octanol–water partition coefficient (Wildman–Crippen LogP) is 4.51. The van der Waals surface area contributed by atoms with Crippen LogP contribution in [0, 0.1) is 12.3 Å². The van der Waals surface area contributed by atoms with Crippen LogP contribution in [0.5, 0.6) is 0 Å². The van der Waals surface area contributed by atoms with Crippen molar-refractivity contribution in [2.45, 2.75) is 12.5 Å². The topological polar surface area (TPSA) is 83.0 Å². The van der Waals surface area contributed by atoms with Gasteiger partial charge in [-0.3, -0.25) is 5.32 Å². The first-order valence-electron chi connectivity index (χ1n) is 10.3. The first kappa shape index (κ1) is 21.7. The largest absolute Gasteiger partial charge is 0.334 e. The van der Waals surface area contributed by atoms with Crippen LogP contribution in [0.2, 0.25) is 0 Å². The number of urea groups is 1. The molecule has 0 unspecified atom stereocenters. The zero-order valence-corrected chi connectivity index (χ0v) is 18.6. The third-order valence-corrected chi connectivity index (χ3v) is 6.10. The quantitative estimate of drug-likeness (QED) is 0.414. The van der Waals surface area contributed by atoms with Crippen molar-refractivity contribution < 1.29 is 13.6 Å². The van der Waals surface area contributed by atoms with Gasteiger partial charge in [-0.1, -0.05) is 36.4 Å². The summed E-state index contributed by atoms with van der Waals surface area (Å²) >= 11 is 1.28. The number of halogens is 2. The second-order valence-electron chi connectivity index (χ2n) is 7.81. The van der Waals surface area contributed by atoms with Crippen molar-refractivity contribution in [1.29, 1.82) is 0 Å². The molecule has 170 valence electrons. The average Bonchev–Trinajstić information content (AvgIpc) is 3.28. The number of terminal acetylenes is 1.